The molecule has 3 heteroatoms. The molecule has 0 amide bonds. The van der Waals surface area contributed by atoms with Gasteiger partial charge in [0.2, 0.25) is 0 Å². The molecule has 34 valence electrons. The Bertz CT molecular complexity index is 63.2. The number of hydroxylamine groups is 2. The zero-order chi connectivity index (χ0) is 4.41. The summed E-state index contributed by atoms with van der Waals surface area (Å²) in [5, 5.41) is 9.80. The van der Waals surface area contributed by atoms with E-state index in [1.165, 1.54) is 6.26 Å². The Balaban J connectivity index is 2.32. The van der Waals surface area contributed by atoms with Gasteiger partial charge in [-0.1, -0.05) is 0 Å². The predicted octanol–water partition coefficient (Wildman–Crippen LogP) is -1.17. The van der Waals surface area contributed by atoms with Gasteiger partial charge in [0.15, 0.2) is 6.26 Å². The first-order valence-electron chi connectivity index (χ1n) is 1.74. The van der Waals surface area contributed by atoms with E-state index >= 15 is 0 Å². The predicted molar refractivity (Wildman–Crippen MR) is 19.4 cm³/mol. The first-order valence-corrected chi connectivity index (χ1v) is 1.74. The van der Waals surface area contributed by atoms with Gasteiger partial charge in [-0.25, -0.2) is 0 Å². The van der Waals surface area contributed by atoms with Gasteiger partial charge in [0, 0.05) is 6.08 Å². The van der Waals surface area contributed by atoms with Gasteiger partial charge in [-0.3, -0.25) is 0 Å². The molecule has 0 spiro atoms. The molecule has 1 unspecified atom stereocenters. The van der Waals surface area contributed by atoms with Crippen molar-refractivity contribution in [3.8, 4) is 0 Å². The van der Waals surface area contributed by atoms with E-state index in [4.69, 9.17) is 0 Å². The molecule has 0 saturated carbocycles. The first kappa shape index (κ1) is 3.64. The van der Waals surface area contributed by atoms with Crippen LogP contribution in [0.25, 0.3) is 0 Å². The molecule has 0 bridgehead atoms. The van der Waals surface area contributed by atoms with Crippen molar-refractivity contribution in [1.29, 1.82) is 0 Å². The Kier molecular flexibility index (Phi) is 0.777. The van der Waals surface area contributed by atoms with Crippen molar-refractivity contribution in [2.45, 2.75) is 0 Å². The third-order valence-electron chi connectivity index (χ3n) is 0.580. The van der Waals surface area contributed by atoms with Crippen molar-refractivity contribution >= 4 is 0 Å². The second kappa shape index (κ2) is 1.28. The zero-order valence-corrected chi connectivity index (χ0v) is 3.18. The number of nitrogens with one attached hydrogen (secondary N) is 1. The van der Waals surface area contributed by atoms with Crippen molar-refractivity contribution in [1.82, 2.24) is 0 Å². The Hall–Kier alpha value is -0.540. The van der Waals surface area contributed by atoms with E-state index in [2.05, 4.69) is 4.84 Å². The van der Waals surface area contributed by atoms with Gasteiger partial charge in [0.05, 0.1) is 0 Å². The fraction of sp³-hybridized carbons (Fsp3) is 0.333. The number of quaternary nitrogens is 1. The van der Waals surface area contributed by atoms with E-state index in [9.17, 15) is 5.21 Å². The van der Waals surface area contributed by atoms with E-state index in [0.717, 1.165) is 0 Å². The van der Waals surface area contributed by atoms with Crippen molar-refractivity contribution in [2.75, 3.05) is 6.54 Å². The summed E-state index contributed by atoms with van der Waals surface area (Å²) >= 11 is 0. The van der Waals surface area contributed by atoms with Crippen molar-refractivity contribution in [3.63, 3.8) is 0 Å². The van der Waals surface area contributed by atoms with Crippen LogP contribution in [0.4, 0.5) is 0 Å². The number of hydrogen-bond acceptors (Lipinski definition) is 2. The lowest BCUT2D eigenvalue weighted by Crippen LogP contribution is -3.03. The summed E-state index contributed by atoms with van der Waals surface area (Å²) in [5.74, 6) is 0. The average molecular weight is 87.1 g/mol. The van der Waals surface area contributed by atoms with Crippen LogP contribution in [0.15, 0.2) is 12.3 Å². The van der Waals surface area contributed by atoms with Crippen LogP contribution in [0, 0.1) is 5.21 Å². The molecule has 0 aromatic carbocycles. The molecular formula is C3H5NO2. The maximum absolute atomic E-state index is 9.96. The van der Waals surface area contributed by atoms with Crippen LogP contribution < -0.4 is 5.23 Å². The van der Waals surface area contributed by atoms with Gasteiger partial charge in [-0.05, 0) is 0 Å². The monoisotopic (exact) mass is 87.0 g/mol. The maximum atomic E-state index is 9.96. The van der Waals surface area contributed by atoms with Crippen LogP contribution in [0.5, 0.6) is 0 Å². The number of rotatable bonds is 0. The van der Waals surface area contributed by atoms with Crippen LogP contribution in [0.1, 0.15) is 0 Å². The zero-order valence-electron chi connectivity index (χ0n) is 3.18. The van der Waals surface area contributed by atoms with E-state index in [1.807, 2.05) is 0 Å². The molecule has 0 radical (unpaired) electrons. The fourth-order valence-corrected chi connectivity index (χ4v) is 0.316. The Morgan fingerprint density at radius 2 is 2.67 bits per heavy atom. The summed E-state index contributed by atoms with van der Waals surface area (Å²) in [6.45, 7) is 0.444. The average Bonchev–Trinajstić information content (AvgIpc) is 1.86. The Morgan fingerprint density at radius 1 is 1.83 bits per heavy atom. The molecule has 0 aromatic heterocycles. The van der Waals surface area contributed by atoms with Crippen molar-refractivity contribution < 1.29 is 10.1 Å². The SMILES string of the molecule is [O-][NH+]1CC=CO1. The summed E-state index contributed by atoms with van der Waals surface area (Å²) in [6, 6.07) is 0. The second-order valence-corrected chi connectivity index (χ2v) is 1.07. The smallest absolute Gasteiger partial charge is 0.156 e. The molecule has 1 rings (SSSR count). The topological polar surface area (TPSA) is 36.7 Å². The van der Waals surface area contributed by atoms with Gasteiger partial charge < -0.3 is 10.0 Å². The van der Waals surface area contributed by atoms with Crippen LogP contribution in [-0.2, 0) is 4.84 Å². The molecule has 1 N–H and O–H groups in total. The minimum atomic E-state index is -0.157. The molecular weight excluding hydrogens is 82.0 g/mol. The van der Waals surface area contributed by atoms with E-state index in [-0.39, 0.29) is 5.23 Å². The summed E-state index contributed by atoms with van der Waals surface area (Å²) in [5.41, 5.74) is 0. The summed E-state index contributed by atoms with van der Waals surface area (Å²) in [7, 11) is 0. The summed E-state index contributed by atoms with van der Waals surface area (Å²) in [6.07, 6.45) is 3.09. The van der Waals surface area contributed by atoms with Crippen molar-refractivity contribution in [3.05, 3.63) is 17.5 Å². The highest BCUT2D eigenvalue weighted by Gasteiger charge is 1.95. The summed E-state index contributed by atoms with van der Waals surface area (Å²) in [4.78, 5) is 4.33. The largest absolute Gasteiger partial charge is 0.591 e. The minimum absolute atomic E-state index is 0.157. The molecule has 6 heavy (non-hydrogen) atoms. The summed E-state index contributed by atoms with van der Waals surface area (Å²) < 4.78 is 0. The van der Waals surface area contributed by atoms with Crippen molar-refractivity contribution in [2.24, 2.45) is 0 Å². The van der Waals surface area contributed by atoms with Gasteiger partial charge in [0.25, 0.3) is 0 Å². The molecule has 0 fully saturated rings. The van der Waals surface area contributed by atoms with Crippen LogP contribution in [-0.4, -0.2) is 6.54 Å². The molecule has 0 aliphatic carbocycles. The highest BCUT2D eigenvalue weighted by atomic mass is 16.9. The standard InChI is InChI=1S/C3H5NO2/c5-4-2-1-3-6-4/h1,3-4H,2H2. The molecule has 1 atom stereocenters. The Labute approximate surface area is 35.3 Å². The molecule has 3 nitrogen and oxygen atoms in total. The quantitative estimate of drug-likeness (QED) is 0.378. The van der Waals surface area contributed by atoms with E-state index in [1.54, 1.807) is 6.08 Å². The van der Waals surface area contributed by atoms with Crippen LogP contribution >= 0.6 is 0 Å². The lowest BCUT2D eigenvalue weighted by Gasteiger charge is -2.09. The Morgan fingerprint density at radius 3 is 2.83 bits per heavy atom. The third kappa shape index (κ3) is 0.502. The van der Waals surface area contributed by atoms with Crippen LogP contribution in [0.2, 0.25) is 0 Å². The van der Waals surface area contributed by atoms with Gasteiger partial charge in [-0.15, -0.1) is 0 Å². The molecule has 1 aliphatic heterocycles. The third-order valence-corrected chi connectivity index (χ3v) is 0.580. The van der Waals surface area contributed by atoms with E-state index < -0.39 is 0 Å². The molecule has 0 saturated heterocycles. The number of hydrogen-bond donors (Lipinski definition) is 1. The highest BCUT2D eigenvalue weighted by molar-refractivity contribution is 4.72. The lowest BCUT2D eigenvalue weighted by molar-refractivity contribution is -1.03. The van der Waals surface area contributed by atoms with Gasteiger partial charge in [0.1, 0.15) is 6.54 Å². The molecule has 0 aromatic rings. The second-order valence-electron chi connectivity index (χ2n) is 1.07. The molecule has 1 heterocycles. The maximum Gasteiger partial charge on any atom is 0.156 e. The van der Waals surface area contributed by atoms with Crippen LogP contribution in [0.3, 0.4) is 0 Å². The molecule has 1 aliphatic rings. The minimum Gasteiger partial charge on any atom is -0.591 e. The lowest BCUT2D eigenvalue weighted by atomic mass is 10.7. The normalized spacial score (nSPS) is 30.5. The van der Waals surface area contributed by atoms with Gasteiger partial charge >= 0.3 is 0 Å². The van der Waals surface area contributed by atoms with Gasteiger partial charge in [-0.2, -0.15) is 5.23 Å². The highest BCUT2D eigenvalue weighted by Crippen LogP contribution is 1.71. The first-order chi connectivity index (χ1) is 2.89. The fourth-order valence-electron chi connectivity index (χ4n) is 0.316. The van der Waals surface area contributed by atoms with E-state index in [0.29, 0.717) is 6.54 Å².